The van der Waals surface area contributed by atoms with Gasteiger partial charge >= 0.3 is 0 Å². The molecule has 0 heterocycles. The molecule has 2 nitrogen and oxygen atoms in total. The normalized spacial score (nSPS) is 12.2. The fourth-order valence-electron chi connectivity index (χ4n) is 1.84. The number of hydrogen-bond donors (Lipinski definition) is 2. The van der Waals surface area contributed by atoms with E-state index in [1.54, 1.807) is 18.2 Å². The first-order valence-electron chi connectivity index (χ1n) is 5.79. The van der Waals surface area contributed by atoms with Crippen LogP contribution in [0.2, 0.25) is 5.02 Å². The lowest BCUT2D eigenvalue weighted by Crippen LogP contribution is -2.18. The number of nitrogens with one attached hydrogen (secondary N) is 1. The smallest absolute Gasteiger partial charge is 0.131 e. The zero-order valence-electron chi connectivity index (χ0n) is 10.2. The van der Waals surface area contributed by atoms with Gasteiger partial charge in [-0.2, -0.15) is 0 Å². The summed E-state index contributed by atoms with van der Waals surface area (Å²) in [6, 6.07) is 7.67. The van der Waals surface area contributed by atoms with Gasteiger partial charge in [0.25, 0.3) is 0 Å². The number of rotatable bonds is 4. The van der Waals surface area contributed by atoms with Crippen LogP contribution >= 0.6 is 27.5 Å². The summed E-state index contributed by atoms with van der Waals surface area (Å²) in [7, 11) is 0. The average molecular weight is 363 g/mol. The lowest BCUT2D eigenvalue weighted by molar-refractivity contribution is 0.271. The molecule has 0 aromatic heterocycles. The maximum absolute atomic E-state index is 13.7. The molecule has 0 radical (unpaired) electrons. The fraction of sp³-hybridized carbons (Fsp3) is 0.143. The molecule has 20 heavy (non-hydrogen) atoms. The van der Waals surface area contributed by atoms with E-state index < -0.39 is 24.3 Å². The Morgan fingerprint density at radius 1 is 1.20 bits per heavy atom. The van der Waals surface area contributed by atoms with Crippen molar-refractivity contribution in [3.63, 3.8) is 0 Å². The molecule has 0 bridgehead atoms. The number of anilines is 1. The third kappa shape index (κ3) is 3.29. The van der Waals surface area contributed by atoms with Crippen molar-refractivity contribution in [3.05, 3.63) is 63.1 Å². The molecule has 0 fully saturated rings. The maximum atomic E-state index is 13.7. The Balaban J connectivity index is 2.31. The highest BCUT2D eigenvalue weighted by atomic mass is 79.9. The van der Waals surface area contributed by atoms with Crippen LogP contribution in [0.3, 0.4) is 0 Å². The molecule has 6 heteroatoms. The maximum Gasteiger partial charge on any atom is 0.131 e. The van der Waals surface area contributed by atoms with Crippen molar-refractivity contribution in [1.29, 1.82) is 0 Å². The van der Waals surface area contributed by atoms with E-state index in [2.05, 4.69) is 21.2 Å². The Morgan fingerprint density at radius 2 is 1.85 bits per heavy atom. The van der Waals surface area contributed by atoms with Gasteiger partial charge in [0.05, 0.1) is 17.7 Å². The molecular formula is C14H11BrClF2NO. The van der Waals surface area contributed by atoms with E-state index in [0.29, 0.717) is 15.2 Å². The van der Waals surface area contributed by atoms with E-state index >= 15 is 0 Å². The lowest BCUT2D eigenvalue weighted by Gasteiger charge is -2.19. The zero-order valence-corrected chi connectivity index (χ0v) is 12.5. The highest BCUT2D eigenvalue weighted by molar-refractivity contribution is 9.10. The fourth-order valence-corrected chi connectivity index (χ4v) is 2.34. The number of halogens is 4. The standard InChI is InChI=1S/C14H11BrClF2NO/c15-9-6-8(4-5-10(9)16)19-13(7-20)14-11(17)2-1-3-12(14)18/h1-6,13,19-20H,7H2. The molecular weight excluding hydrogens is 352 g/mol. The van der Waals surface area contributed by atoms with Crippen LogP contribution in [0.15, 0.2) is 40.9 Å². The van der Waals surface area contributed by atoms with E-state index in [9.17, 15) is 13.9 Å². The molecule has 0 aliphatic carbocycles. The minimum atomic E-state index is -0.885. The van der Waals surface area contributed by atoms with Crippen molar-refractivity contribution in [1.82, 2.24) is 0 Å². The summed E-state index contributed by atoms with van der Waals surface area (Å²) in [5.74, 6) is -1.41. The van der Waals surface area contributed by atoms with Gasteiger partial charge in [-0.25, -0.2) is 8.78 Å². The van der Waals surface area contributed by atoms with Crippen LogP contribution in [0.1, 0.15) is 11.6 Å². The molecule has 0 saturated carbocycles. The second-order valence-electron chi connectivity index (χ2n) is 4.14. The Kier molecular flexibility index (Phi) is 4.96. The predicted molar refractivity (Wildman–Crippen MR) is 79.0 cm³/mol. The highest BCUT2D eigenvalue weighted by Crippen LogP contribution is 2.29. The number of aliphatic hydroxyl groups is 1. The van der Waals surface area contributed by atoms with Crippen LogP contribution in [-0.4, -0.2) is 11.7 Å². The van der Waals surface area contributed by atoms with Crippen molar-refractivity contribution >= 4 is 33.2 Å². The van der Waals surface area contributed by atoms with Crippen LogP contribution in [0, 0.1) is 11.6 Å². The lowest BCUT2D eigenvalue weighted by atomic mass is 10.1. The Labute approximate surface area is 128 Å². The van der Waals surface area contributed by atoms with Gasteiger partial charge in [0.2, 0.25) is 0 Å². The summed E-state index contributed by atoms with van der Waals surface area (Å²) < 4.78 is 28.1. The predicted octanol–water partition coefficient (Wildman–Crippen LogP) is 4.53. The molecule has 1 unspecified atom stereocenters. The van der Waals surface area contributed by atoms with Gasteiger partial charge < -0.3 is 10.4 Å². The van der Waals surface area contributed by atoms with E-state index in [1.807, 2.05) is 0 Å². The zero-order chi connectivity index (χ0) is 14.7. The average Bonchev–Trinajstić information content (AvgIpc) is 2.41. The quantitative estimate of drug-likeness (QED) is 0.838. The summed E-state index contributed by atoms with van der Waals surface area (Å²) in [6.45, 7) is -0.446. The van der Waals surface area contributed by atoms with Crippen LogP contribution < -0.4 is 5.32 Å². The molecule has 2 rings (SSSR count). The molecule has 0 amide bonds. The van der Waals surface area contributed by atoms with Crippen molar-refractivity contribution < 1.29 is 13.9 Å². The molecule has 0 aliphatic heterocycles. The topological polar surface area (TPSA) is 32.3 Å². The minimum Gasteiger partial charge on any atom is -0.394 e. The first kappa shape index (κ1) is 15.2. The van der Waals surface area contributed by atoms with Gasteiger partial charge in [-0.1, -0.05) is 17.7 Å². The second kappa shape index (κ2) is 6.52. The van der Waals surface area contributed by atoms with Gasteiger partial charge in [0.1, 0.15) is 11.6 Å². The van der Waals surface area contributed by atoms with Crippen molar-refractivity contribution in [3.8, 4) is 0 Å². The van der Waals surface area contributed by atoms with Crippen molar-refractivity contribution in [2.24, 2.45) is 0 Å². The molecule has 0 aliphatic rings. The first-order chi connectivity index (χ1) is 9.52. The van der Waals surface area contributed by atoms with Crippen molar-refractivity contribution in [2.75, 3.05) is 11.9 Å². The van der Waals surface area contributed by atoms with Crippen molar-refractivity contribution in [2.45, 2.75) is 6.04 Å². The van der Waals surface area contributed by atoms with Gasteiger partial charge in [-0.05, 0) is 46.3 Å². The van der Waals surface area contributed by atoms with Gasteiger partial charge in [0.15, 0.2) is 0 Å². The number of benzene rings is 2. The second-order valence-corrected chi connectivity index (χ2v) is 5.41. The summed E-state index contributed by atoms with van der Waals surface area (Å²) in [5.41, 5.74) is 0.393. The molecule has 106 valence electrons. The monoisotopic (exact) mass is 361 g/mol. The van der Waals surface area contributed by atoms with E-state index in [0.717, 1.165) is 12.1 Å². The van der Waals surface area contributed by atoms with E-state index in [1.165, 1.54) is 6.07 Å². The van der Waals surface area contributed by atoms with Crippen LogP contribution in [-0.2, 0) is 0 Å². The molecule has 0 saturated heterocycles. The molecule has 2 aromatic rings. The Morgan fingerprint density at radius 3 is 2.40 bits per heavy atom. The third-order valence-corrected chi connectivity index (χ3v) is 4.01. The molecule has 2 aromatic carbocycles. The summed E-state index contributed by atoms with van der Waals surface area (Å²) in [4.78, 5) is 0. The van der Waals surface area contributed by atoms with Crippen LogP contribution in [0.5, 0.6) is 0 Å². The molecule has 1 atom stereocenters. The Bertz CT molecular complexity index is 604. The van der Waals surface area contributed by atoms with Crippen LogP contribution in [0.4, 0.5) is 14.5 Å². The largest absolute Gasteiger partial charge is 0.394 e. The van der Waals surface area contributed by atoms with Gasteiger partial charge in [0, 0.05) is 15.7 Å². The van der Waals surface area contributed by atoms with E-state index in [4.69, 9.17) is 11.6 Å². The van der Waals surface area contributed by atoms with Gasteiger partial charge in [-0.3, -0.25) is 0 Å². The highest BCUT2D eigenvalue weighted by Gasteiger charge is 2.19. The molecule has 0 spiro atoms. The number of hydrogen-bond acceptors (Lipinski definition) is 2. The summed E-state index contributed by atoms with van der Waals surface area (Å²) in [5, 5.41) is 12.8. The molecule has 2 N–H and O–H groups in total. The SMILES string of the molecule is OCC(Nc1ccc(Cl)c(Br)c1)c1c(F)cccc1F. The summed E-state index contributed by atoms with van der Waals surface area (Å²) >= 11 is 9.13. The van der Waals surface area contributed by atoms with Crippen LogP contribution in [0.25, 0.3) is 0 Å². The van der Waals surface area contributed by atoms with Gasteiger partial charge in [-0.15, -0.1) is 0 Å². The summed E-state index contributed by atoms with van der Waals surface area (Å²) in [6.07, 6.45) is 0. The Hall–Kier alpha value is -1.17. The number of aliphatic hydroxyl groups excluding tert-OH is 1. The van der Waals surface area contributed by atoms with E-state index in [-0.39, 0.29) is 5.56 Å². The third-order valence-electron chi connectivity index (χ3n) is 2.79. The first-order valence-corrected chi connectivity index (χ1v) is 6.96. The minimum absolute atomic E-state index is 0.193.